The standard InChI is InChI=1S/C8H10N2O2S/c11-7(12)6-5-3-1-2-4-10(5)8(13)9-6/h1-4H2,(H,9,13)(H,11,12). The molecule has 0 radical (unpaired) electrons. The number of hydrogen-bond donors (Lipinski definition) is 2. The van der Waals surface area contributed by atoms with Crippen LogP contribution in [0.1, 0.15) is 29.0 Å². The molecular formula is C8H10N2O2S. The van der Waals surface area contributed by atoms with E-state index in [1.165, 1.54) is 0 Å². The number of nitrogens with one attached hydrogen (secondary N) is 1. The number of fused-ring (bicyclic) bond motifs is 1. The maximum atomic E-state index is 10.8. The molecule has 5 heteroatoms. The van der Waals surface area contributed by atoms with Crippen molar-refractivity contribution in [2.45, 2.75) is 25.8 Å². The summed E-state index contributed by atoms with van der Waals surface area (Å²) in [7, 11) is 0. The summed E-state index contributed by atoms with van der Waals surface area (Å²) in [5, 5.41) is 8.86. The first-order valence-corrected chi connectivity index (χ1v) is 4.66. The van der Waals surface area contributed by atoms with Gasteiger partial charge in [0.25, 0.3) is 0 Å². The van der Waals surface area contributed by atoms with E-state index in [9.17, 15) is 4.79 Å². The molecule has 1 aromatic rings. The Morgan fingerprint density at radius 2 is 2.31 bits per heavy atom. The number of aromatic nitrogens is 2. The van der Waals surface area contributed by atoms with Crippen LogP contribution in [0.3, 0.4) is 0 Å². The summed E-state index contributed by atoms with van der Waals surface area (Å²) >= 11 is 5.02. The van der Waals surface area contributed by atoms with Gasteiger partial charge in [-0.3, -0.25) is 0 Å². The zero-order valence-electron chi connectivity index (χ0n) is 7.04. The van der Waals surface area contributed by atoms with E-state index in [1.807, 2.05) is 4.57 Å². The van der Waals surface area contributed by atoms with Gasteiger partial charge in [0.1, 0.15) is 5.69 Å². The van der Waals surface area contributed by atoms with Gasteiger partial charge < -0.3 is 14.7 Å². The Balaban J connectivity index is 2.60. The topological polar surface area (TPSA) is 58.0 Å². The highest BCUT2D eigenvalue weighted by Gasteiger charge is 2.19. The van der Waals surface area contributed by atoms with Gasteiger partial charge in [-0.1, -0.05) is 0 Å². The molecule has 2 heterocycles. The highest BCUT2D eigenvalue weighted by molar-refractivity contribution is 7.71. The second-order valence-electron chi connectivity index (χ2n) is 3.17. The monoisotopic (exact) mass is 198 g/mol. The Kier molecular flexibility index (Phi) is 1.95. The van der Waals surface area contributed by atoms with Crippen LogP contribution in [0.5, 0.6) is 0 Å². The predicted octanol–water partition coefficient (Wildman–Crippen LogP) is 1.58. The summed E-state index contributed by atoms with van der Waals surface area (Å²) in [6, 6.07) is 0. The predicted molar refractivity (Wildman–Crippen MR) is 49.5 cm³/mol. The summed E-state index contributed by atoms with van der Waals surface area (Å²) < 4.78 is 2.43. The van der Waals surface area contributed by atoms with Crippen LogP contribution in [-0.2, 0) is 13.0 Å². The van der Waals surface area contributed by atoms with Crippen LogP contribution in [0, 0.1) is 4.77 Å². The minimum atomic E-state index is -0.915. The van der Waals surface area contributed by atoms with Gasteiger partial charge in [0.2, 0.25) is 0 Å². The van der Waals surface area contributed by atoms with E-state index in [2.05, 4.69) is 4.98 Å². The van der Waals surface area contributed by atoms with Crippen molar-refractivity contribution in [1.29, 1.82) is 0 Å². The lowest BCUT2D eigenvalue weighted by Crippen LogP contribution is -2.12. The van der Waals surface area contributed by atoms with Gasteiger partial charge in [-0.05, 0) is 31.5 Å². The normalized spacial score (nSPS) is 15.4. The maximum Gasteiger partial charge on any atom is 0.354 e. The second-order valence-corrected chi connectivity index (χ2v) is 3.55. The summed E-state index contributed by atoms with van der Waals surface area (Å²) in [5.74, 6) is -0.915. The number of imidazole rings is 1. The molecule has 0 amide bonds. The first-order chi connectivity index (χ1) is 6.20. The van der Waals surface area contributed by atoms with Crippen molar-refractivity contribution in [2.24, 2.45) is 0 Å². The Labute approximate surface area is 80.2 Å². The van der Waals surface area contributed by atoms with Gasteiger partial charge in [-0.15, -0.1) is 0 Å². The Hall–Kier alpha value is -1.10. The largest absolute Gasteiger partial charge is 0.477 e. The van der Waals surface area contributed by atoms with Gasteiger partial charge >= 0.3 is 5.97 Å². The number of H-pyrrole nitrogens is 1. The fourth-order valence-electron chi connectivity index (χ4n) is 1.74. The molecule has 0 saturated heterocycles. The molecule has 0 fully saturated rings. The number of aromatic amines is 1. The Morgan fingerprint density at radius 1 is 1.54 bits per heavy atom. The Morgan fingerprint density at radius 3 is 3.00 bits per heavy atom. The molecule has 13 heavy (non-hydrogen) atoms. The van der Waals surface area contributed by atoms with Crippen molar-refractivity contribution in [3.63, 3.8) is 0 Å². The van der Waals surface area contributed by atoms with Crippen molar-refractivity contribution < 1.29 is 9.90 Å². The molecule has 0 atom stereocenters. The third-order valence-electron chi connectivity index (χ3n) is 2.35. The fraction of sp³-hybridized carbons (Fsp3) is 0.500. The van der Waals surface area contributed by atoms with Gasteiger partial charge in [0.15, 0.2) is 4.77 Å². The molecule has 0 bridgehead atoms. The smallest absolute Gasteiger partial charge is 0.354 e. The van der Waals surface area contributed by atoms with Crippen molar-refractivity contribution in [3.8, 4) is 0 Å². The third-order valence-corrected chi connectivity index (χ3v) is 2.67. The quantitative estimate of drug-likeness (QED) is 0.673. The van der Waals surface area contributed by atoms with Crippen LogP contribution < -0.4 is 0 Å². The van der Waals surface area contributed by atoms with Crippen LogP contribution >= 0.6 is 12.2 Å². The zero-order valence-corrected chi connectivity index (χ0v) is 7.86. The molecule has 2 rings (SSSR count). The maximum absolute atomic E-state index is 10.8. The second kappa shape index (κ2) is 2.99. The molecule has 4 nitrogen and oxygen atoms in total. The van der Waals surface area contributed by atoms with Crippen LogP contribution in [0.15, 0.2) is 0 Å². The molecule has 0 spiro atoms. The number of carbonyl (C=O) groups is 1. The lowest BCUT2D eigenvalue weighted by Gasteiger charge is -2.13. The molecule has 0 unspecified atom stereocenters. The van der Waals surface area contributed by atoms with E-state index >= 15 is 0 Å². The molecule has 0 aromatic carbocycles. The molecule has 1 aliphatic rings. The highest BCUT2D eigenvalue weighted by Crippen LogP contribution is 2.18. The summed E-state index contributed by atoms with van der Waals surface area (Å²) in [6.45, 7) is 0.845. The van der Waals surface area contributed by atoms with E-state index in [0.717, 1.165) is 31.5 Å². The molecule has 70 valence electrons. The minimum Gasteiger partial charge on any atom is -0.477 e. The van der Waals surface area contributed by atoms with E-state index in [0.29, 0.717) is 4.77 Å². The van der Waals surface area contributed by atoms with E-state index in [-0.39, 0.29) is 5.69 Å². The SMILES string of the molecule is O=C(O)c1[nH]c(=S)n2c1CCCC2. The van der Waals surface area contributed by atoms with Crippen LogP contribution in [0.25, 0.3) is 0 Å². The van der Waals surface area contributed by atoms with Gasteiger partial charge in [-0.2, -0.15) is 0 Å². The van der Waals surface area contributed by atoms with Gasteiger partial charge in [-0.25, -0.2) is 4.79 Å². The van der Waals surface area contributed by atoms with Crippen molar-refractivity contribution >= 4 is 18.2 Å². The molecule has 1 aromatic heterocycles. The molecular weight excluding hydrogens is 188 g/mol. The molecule has 1 aliphatic heterocycles. The van der Waals surface area contributed by atoms with Crippen LogP contribution in [0.4, 0.5) is 0 Å². The number of aromatic carboxylic acids is 1. The van der Waals surface area contributed by atoms with E-state index < -0.39 is 5.97 Å². The van der Waals surface area contributed by atoms with Crippen LogP contribution in [0.2, 0.25) is 0 Å². The third kappa shape index (κ3) is 1.29. The zero-order chi connectivity index (χ0) is 9.42. The lowest BCUT2D eigenvalue weighted by molar-refractivity contribution is 0.0689. The first kappa shape index (κ1) is 8.50. The number of rotatable bonds is 1. The van der Waals surface area contributed by atoms with Crippen molar-refractivity contribution in [3.05, 3.63) is 16.2 Å². The first-order valence-electron chi connectivity index (χ1n) is 4.25. The average molecular weight is 198 g/mol. The van der Waals surface area contributed by atoms with Gasteiger partial charge in [0, 0.05) is 6.54 Å². The van der Waals surface area contributed by atoms with Crippen LogP contribution in [-0.4, -0.2) is 20.6 Å². The minimum absolute atomic E-state index is 0.268. The van der Waals surface area contributed by atoms with Crippen molar-refractivity contribution in [2.75, 3.05) is 0 Å². The molecule has 0 saturated carbocycles. The van der Waals surface area contributed by atoms with E-state index in [1.54, 1.807) is 0 Å². The number of nitrogens with zero attached hydrogens (tertiary/aromatic N) is 1. The van der Waals surface area contributed by atoms with Gasteiger partial charge in [0.05, 0.1) is 5.69 Å². The van der Waals surface area contributed by atoms with Crippen molar-refractivity contribution in [1.82, 2.24) is 9.55 Å². The summed E-state index contributed by atoms with van der Waals surface area (Å²) in [5.41, 5.74) is 1.12. The molecule has 2 N–H and O–H groups in total. The number of carboxylic acids is 1. The highest BCUT2D eigenvalue weighted by atomic mass is 32.1. The summed E-state index contributed by atoms with van der Waals surface area (Å²) in [6.07, 6.45) is 2.94. The van der Waals surface area contributed by atoms with E-state index in [4.69, 9.17) is 17.3 Å². The Bertz CT molecular complexity index is 405. The lowest BCUT2D eigenvalue weighted by atomic mass is 10.1. The number of hydrogen-bond acceptors (Lipinski definition) is 2. The summed E-state index contributed by atoms with van der Waals surface area (Å²) in [4.78, 5) is 13.5. The average Bonchev–Trinajstić information content (AvgIpc) is 2.45. The molecule has 0 aliphatic carbocycles. The number of carboxylic acid groups (broad SMARTS) is 1. The fourth-order valence-corrected chi connectivity index (χ4v) is 2.04.